The molecule has 2 aromatic heterocycles. The van der Waals surface area contributed by atoms with Gasteiger partial charge in [0, 0.05) is 22.5 Å². The van der Waals surface area contributed by atoms with E-state index in [2.05, 4.69) is 25.8 Å². The molecule has 7 nitrogen and oxygen atoms in total. The summed E-state index contributed by atoms with van der Waals surface area (Å²) >= 11 is 7.83. The van der Waals surface area contributed by atoms with Gasteiger partial charge in [0.25, 0.3) is 0 Å². The molecule has 0 unspecified atom stereocenters. The van der Waals surface area contributed by atoms with Crippen LogP contribution in [0.3, 0.4) is 0 Å². The molecule has 9 heteroatoms. The van der Waals surface area contributed by atoms with Gasteiger partial charge < -0.3 is 5.32 Å². The van der Waals surface area contributed by atoms with Crippen molar-refractivity contribution in [3.05, 3.63) is 81.6 Å². The maximum absolute atomic E-state index is 12.4. The molecule has 0 radical (unpaired) electrons. The second kappa shape index (κ2) is 8.50. The van der Waals surface area contributed by atoms with Crippen molar-refractivity contribution >= 4 is 34.0 Å². The Morgan fingerprint density at radius 3 is 2.79 bits per heavy atom. The van der Waals surface area contributed by atoms with Gasteiger partial charge in [-0.2, -0.15) is 0 Å². The number of tetrazole rings is 1. The van der Waals surface area contributed by atoms with Crippen LogP contribution in [0.25, 0.3) is 5.69 Å². The molecule has 0 aliphatic heterocycles. The summed E-state index contributed by atoms with van der Waals surface area (Å²) in [7, 11) is 0. The molecule has 1 N–H and O–H groups in total. The molecule has 0 atom stereocenters. The molecule has 2 heterocycles. The average Bonchev–Trinajstić information content (AvgIpc) is 3.38. The number of nitrogens with one attached hydrogen (secondary N) is 1. The summed E-state index contributed by atoms with van der Waals surface area (Å²) in [5.41, 5.74) is 3.82. The minimum Gasteiger partial charge on any atom is -0.302 e. The van der Waals surface area contributed by atoms with E-state index in [0.717, 1.165) is 32.3 Å². The van der Waals surface area contributed by atoms with Crippen molar-refractivity contribution in [2.45, 2.75) is 19.8 Å². The highest BCUT2D eigenvalue weighted by atomic mass is 35.5. The van der Waals surface area contributed by atoms with Crippen LogP contribution in [-0.4, -0.2) is 31.1 Å². The molecule has 0 aliphatic carbocycles. The van der Waals surface area contributed by atoms with E-state index in [0.29, 0.717) is 11.6 Å². The number of anilines is 1. The van der Waals surface area contributed by atoms with Crippen LogP contribution >= 0.6 is 22.9 Å². The third-order valence-electron chi connectivity index (χ3n) is 4.35. The minimum atomic E-state index is -0.116. The molecule has 0 aliphatic rings. The lowest BCUT2D eigenvalue weighted by Crippen LogP contribution is -2.14. The van der Waals surface area contributed by atoms with Crippen molar-refractivity contribution in [1.82, 2.24) is 25.2 Å². The summed E-state index contributed by atoms with van der Waals surface area (Å²) in [6.07, 6.45) is 4.24. The van der Waals surface area contributed by atoms with Crippen molar-refractivity contribution in [1.29, 1.82) is 0 Å². The van der Waals surface area contributed by atoms with E-state index in [1.807, 2.05) is 49.4 Å². The largest absolute Gasteiger partial charge is 0.302 e. The first-order chi connectivity index (χ1) is 14.1. The Bertz CT molecular complexity index is 1120. The van der Waals surface area contributed by atoms with Crippen molar-refractivity contribution in [3.63, 3.8) is 0 Å². The van der Waals surface area contributed by atoms with E-state index in [1.165, 1.54) is 17.7 Å². The Hall–Kier alpha value is -3.10. The first kappa shape index (κ1) is 19.2. The molecular weight excluding hydrogens is 408 g/mol. The molecule has 2 aromatic carbocycles. The fourth-order valence-corrected chi connectivity index (χ4v) is 3.92. The van der Waals surface area contributed by atoms with E-state index in [1.54, 1.807) is 10.9 Å². The number of aryl methyl sites for hydroxylation is 1. The SMILES string of the molecule is Cc1cccc(Cc2cnc(NC(=O)Cc3ccc(-n4cnnn4)cc3)s2)c1Cl. The number of rotatable bonds is 6. The summed E-state index contributed by atoms with van der Waals surface area (Å²) in [5, 5.41) is 15.3. The van der Waals surface area contributed by atoms with E-state index in [9.17, 15) is 4.79 Å². The molecule has 4 rings (SSSR count). The number of thiazole rings is 1. The molecule has 1 amide bonds. The monoisotopic (exact) mass is 424 g/mol. The maximum Gasteiger partial charge on any atom is 0.230 e. The van der Waals surface area contributed by atoms with Gasteiger partial charge in [-0.05, 0) is 46.2 Å². The lowest BCUT2D eigenvalue weighted by Gasteiger charge is -2.05. The number of nitrogens with zero attached hydrogens (tertiary/aromatic N) is 5. The molecule has 0 fully saturated rings. The van der Waals surface area contributed by atoms with Gasteiger partial charge in [-0.3, -0.25) is 4.79 Å². The van der Waals surface area contributed by atoms with Gasteiger partial charge in [0.15, 0.2) is 5.13 Å². The van der Waals surface area contributed by atoms with Crippen LogP contribution in [0.4, 0.5) is 5.13 Å². The molecule has 0 spiro atoms. The van der Waals surface area contributed by atoms with E-state index < -0.39 is 0 Å². The first-order valence-electron chi connectivity index (χ1n) is 8.89. The minimum absolute atomic E-state index is 0.116. The van der Waals surface area contributed by atoms with Crippen LogP contribution in [0.15, 0.2) is 55.0 Å². The Morgan fingerprint density at radius 2 is 2.03 bits per heavy atom. The van der Waals surface area contributed by atoms with Gasteiger partial charge in [0.2, 0.25) is 5.91 Å². The van der Waals surface area contributed by atoms with Gasteiger partial charge >= 0.3 is 0 Å². The van der Waals surface area contributed by atoms with Gasteiger partial charge in [-0.15, -0.1) is 16.4 Å². The third kappa shape index (κ3) is 4.67. The smallest absolute Gasteiger partial charge is 0.230 e. The number of benzene rings is 2. The number of halogens is 1. The van der Waals surface area contributed by atoms with Crippen LogP contribution in [0.1, 0.15) is 21.6 Å². The van der Waals surface area contributed by atoms with Crippen LogP contribution in [0.5, 0.6) is 0 Å². The van der Waals surface area contributed by atoms with Crippen LogP contribution < -0.4 is 5.32 Å². The summed E-state index contributed by atoms with van der Waals surface area (Å²) in [4.78, 5) is 17.7. The molecule has 0 saturated carbocycles. The first-order valence-corrected chi connectivity index (χ1v) is 10.1. The summed E-state index contributed by atoms with van der Waals surface area (Å²) in [5.74, 6) is -0.116. The predicted octanol–water partition coefficient (Wildman–Crippen LogP) is 3.85. The summed E-state index contributed by atoms with van der Waals surface area (Å²) in [6, 6.07) is 13.5. The van der Waals surface area contributed by atoms with Crippen molar-refractivity contribution < 1.29 is 4.79 Å². The van der Waals surface area contributed by atoms with Crippen LogP contribution in [0.2, 0.25) is 5.02 Å². The van der Waals surface area contributed by atoms with E-state index >= 15 is 0 Å². The zero-order valence-electron chi connectivity index (χ0n) is 15.5. The highest BCUT2D eigenvalue weighted by molar-refractivity contribution is 7.15. The summed E-state index contributed by atoms with van der Waals surface area (Å²) in [6.45, 7) is 1.99. The lowest BCUT2D eigenvalue weighted by atomic mass is 10.1. The maximum atomic E-state index is 12.4. The molecule has 0 bridgehead atoms. The molecule has 0 saturated heterocycles. The number of amides is 1. The topological polar surface area (TPSA) is 85.6 Å². The number of carbonyl (C=O) groups excluding carboxylic acids is 1. The molecule has 4 aromatic rings. The summed E-state index contributed by atoms with van der Waals surface area (Å²) < 4.78 is 1.56. The quantitative estimate of drug-likeness (QED) is 0.508. The molecule has 29 heavy (non-hydrogen) atoms. The predicted molar refractivity (Wildman–Crippen MR) is 113 cm³/mol. The number of hydrogen-bond donors (Lipinski definition) is 1. The second-order valence-electron chi connectivity index (χ2n) is 6.50. The lowest BCUT2D eigenvalue weighted by molar-refractivity contribution is -0.115. The normalized spacial score (nSPS) is 10.8. The highest BCUT2D eigenvalue weighted by Gasteiger charge is 2.10. The Kier molecular flexibility index (Phi) is 5.64. The van der Waals surface area contributed by atoms with E-state index in [4.69, 9.17) is 11.6 Å². The van der Waals surface area contributed by atoms with Gasteiger partial charge in [0.1, 0.15) is 6.33 Å². The average molecular weight is 425 g/mol. The molecular formula is C20H17ClN6OS. The standard InChI is InChI=1S/C20H17ClN6OS/c1-13-3-2-4-15(19(13)21)10-17-11-22-20(29-17)24-18(28)9-14-5-7-16(8-6-14)27-12-23-25-26-27/h2-8,11-12H,9-10H2,1H3,(H,22,24,28). The van der Waals surface area contributed by atoms with Crippen LogP contribution in [0, 0.1) is 6.92 Å². The van der Waals surface area contributed by atoms with Gasteiger partial charge in [-0.1, -0.05) is 41.9 Å². The van der Waals surface area contributed by atoms with E-state index in [-0.39, 0.29) is 12.3 Å². The Morgan fingerprint density at radius 1 is 1.21 bits per heavy atom. The number of hydrogen-bond acceptors (Lipinski definition) is 6. The number of aromatic nitrogens is 5. The van der Waals surface area contributed by atoms with Gasteiger partial charge in [-0.25, -0.2) is 9.67 Å². The number of carbonyl (C=O) groups is 1. The second-order valence-corrected chi connectivity index (χ2v) is 8.00. The highest BCUT2D eigenvalue weighted by Crippen LogP contribution is 2.26. The third-order valence-corrected chi connectivity index (χ3v) is 5.80. The fraction of sp³-hybridized carbons (Fsp3) is 0.150. The zero-order valence-corrected chi connectivity index (χ0v) is 17.1. The van der Waals surface area contributed by atoms with Crippen molar-refractivity contribution in [2.75, 3.05) is 5.32 Å². The fourth-order valence-electron chi connectivity index (χ4n) is 2.87. The van der Waals surface area contributed by atoms with Gasteiger partial charge in [0.05, 0.1) is 12.1 Å². The Balaban J connectivity index is 1.36. The zero-order chi connectivity index (χ0) is 20.2. The molecule has 146 valence electrons. The van der Waals surface area contributed by atoms with Crippen LogP contribution in [-0.2, 0) is 17.6 Å². The Labute approximate surface area is 176 Å². The van der Waals surface area contributed by atoms with Crippen molar-refractivity contribution in [2.24, 2.45) is 0 Å². The van der Waals surface area contributed by atoms with Crippen molar-refractivity contribution in [3.8, 4) is 5.69 Å².